The zero-order valence-electron chi connectivity index (χ0n) is 17.4. The van der Waals surface area contributed by atoms with Crippen LogP contribution in [-0.4, -0.2) is 31.8 Å². The Bertz CT molecular complexity index is 1080. The molecule has 0 aliphatic rings. The summed E-state index contributed by atoms with van der Waals surface area (Å²) in [6.07, 6.45) is 0. The lowest BCUT2D eigenvalue weighted by molar-refractivity contribution is -0.139. The van der Waals surface area contributed by atoms with E-state index in [-0.39, 0.29) is 5.82 Å². The van der Waals surface area contributed by atoms with Crippen LogP contribution >= 0.6 is 0 Å². The molecule has 0 unspecified atom stereocenters. The first kappa shape index (κ1) is 21.2. The van der Waals surface area contributed by atoms with E-state index in [0.717, 1.165) is 33.6 Å². The Morgan fingerprint density at radius 2 is 1.83 bits per heavy atom. The van der Waals surface area contributed by atoms with Crippen LogP contribution in [0.25, 0.3) is 11.1 Å². The fourth-order valence-corrected chi connectivity index (χ4v) is 3.49. The van der Waals surface area contributed by atoms with E-state index >= 15 is 0 Å². The molecular formula is C24H24FNO4. The molecule has 0 aliphatic heterocycles. The first-order valence-electron chi connectivity index (χ1n) is 9.43. The van der Waals surface area contributed by atoms with Crippen molar-refractivity contribution in [2.45, 2.75) is 13.8 Å². The standard InChI is InChI=1S/C24H24FNO4/c1-15-8-9-22(30-14-23(27)28)16(2)24(15)26(3)20-11-18(12-21(13-20)29-4)17-6-5-7-19(25)10-17/h5-13H,14H2,1-4H3,(H,27,28). The molecule has 3 aromatic rings. The minimum atomic E-state index is -1.03. The van der Waals surface area contributed by atoms with Crippen LogP contribution in [0.2, 0.25) is 0 Å². The van der Waals surface area contributed by atoms with E-state index in [1.54, 1.807) is 19.2 Å². The Labute approximate surface area is 175 Å². The lowest BCUT2D eigenvalue weighted by atomic mass is 10.0. The van der Waals surface area contributed by atoms with Crippen molar-refractivity contribution in [1.29, 1.82) is 0 Å². The van der Waals surface area contributed by atoms with E-state index in [4.69, 9.17) is 14.6 Å². The number of rotatable bonds is 7. The smallest absolute Gasteiger partial charge is 0.341 e. The number of aryl methyl sites for hydroxylation is 1. The van der Waals surface area contributed by atoms with Crippen LogP contribution in [0, 0.1) is 19.7 Å². The molecule has 0 saturated heterocycles. The minimum Gasteiger partial charge on any atom is -0.497 e. The molecule has 3 rings (SSSR count). The number of hydrogen-bond donors (Lipinski definition) is 1. The third kappa shape index (κ3) is 4.54. The molecule has 0 amide bonds. The van der Waals surface area contributed by atoms with E-state index in [0.29, 0.717) is 11.5 Å². The number of nitrogens with zero attached hydrogens (tertiary/aromatic N) is 1. The highest BCUT2D eigenvalue weighted by Crippen LogP contribution is 2.38. The van der Waals surface area contributed by atoms with Crippen LogP contribution in [0.1, 0.15) is 11.1 Å². The molecule has 0 saturated carbocycles. The third-order valence-corrected chi connectivity index (χ3v) is 4.94. The fourth-order valence-electron chi connectivity index (χ4n) is 3.49. The van der Waals surface area contributed by atoms with Gasteiger partial charge in [-0.1, -0.05) is 18.2 Å². The van der Waals surface area contributed by atoms with Gasteiger partial charge in [-0.05, 0) is 60.9 Å². The van der Waals surface area contributed by atoms with E-state index in [1.165, 1.54) is 12.1 Å². The monoisotopic (exact) mass is 409 g/mol. The quantitative estimate of drug-likeness (QED) is 0.570. The second kappa shape index (κ2) is 8.86. The summed E-state index contributed by atoms with van der Waals surface area (Å²) in [7, 11) is 3.51. The molecule has 30 heavy (non-hydrogen) atoms. The van der Waals surface area contributed by atoms with Crippen molar-refractivity contribution in [3.05, 3.63) is 71.5 Å². The number of hydrogen-bond acceptors (Lipinski definition) is 4. The average Bonchev–Trinajstić information content (AvgIpc) is 2.72. The molecule has 5 nitrogen and oxygen atoms in total. The topological polar surface area (TPSA) is 59.0 Å². The molecule has 0 atom stereocenters. The summed E-state index contributed by atoms with van der Waals surface area (Å²) < 4.78 is 24.7. The molecule has 0 aliphatic carbocycles. The SMILES string of the molecule is COc1cc(-c2cccc(F)c2)cc(N(C)c2c(C)ccc(OCC(=O)O)c2C)c1. The van der Waals surface area contributed by atoms with Gasteiger partial charge in [-0.3, -0.25) is 0 Å². The van der Waals surface area contributed by atoms with Crippen molar-refractivity contribution in [3.8, 4) is 22.6 Å². The van der Waals surface area contributed by atoms with Crippen molar-refractivity contribution in [1.82, 2.24) is 0 Å². The zero-order chi connectivity index (χ0) is 21.8. The molecule has 0 aromatic heterocycles. The van der Waals surface area contributed by atoms with Crippen molar-refractivity contribution in [2.75, 3.05) is 25.7 Å². The summed E-state index contributed by atoms with van der Waals surface area (Å²) >= 11 is 0. The van der Waals surface area contributed by atoms with Gasteiger partial charge in [0.25, 0.3) is 0 Å². The Morgan fingerprint density at radius 1 is 1.07 bits per heavy atom. The largest absolute Gasteiger partial charge is 0.497 e. The number of ether oxygens (including phenoxy) is 2. The summed E-state index contributed by atoms with van der Waals surface area (Å²) in [5, 5.41) is 8.92. The minimum absolute atomic E-state index is 0.305. The van der Waals surface area contributed by atoms with Crippen molar-refractivity contribution in [2.24, 2.45) is 0 Å². The van der Waals surface area contributed by atoms with Crippen LogP contribution in [0.5, 0.6) is 11.5 Å². The molecule has 3 aromatic carbocycles. The van der Waals surface area contributed by atoms with Gasteiger partial charge in [0.15, 0.2) is 6.61 Å². The Hall–Kier alpha value is -3.54. The second-order valence-corrected chi connectivity index (χ2v) is 7.03. The number of methoxy groups -OCH3 is 1. The summed E-state index contributed by atoms with van der Waals surface area (Å²) in [4.78, 5) is 12.9. The number of carbonyl (C=O) groups is 1. The van der Waals surface area contributed by atoms with Gasteiger partial charge in [0.2, 0.25) is 0 Å². The summed E-state index contributed by atoms with van der Waals surface area (Å²) in [5.41, 5.74) is 5.15. The van der Waals surface area contributed by atoms with Gasteiger partial charge in [0.05, 0.1) is 12.8 Å². The van der Waals surface area contributed by atoms with Gasteiger partial charge in [-0.2, -0.15) is 0 Å². The highest BCUT2D eigenvalue weighted by molar-refractivity contribution is 5.77. The van der Waals surface area contributed by atoms with Gasteiger partial charge in [-0.15, -0.1) is 0 Å². The van der Waals surface area contributed by atoms with E-state index in [2.05, 4.69) is 0 Å². The maximum Gasteiger partial charge on any atom is 0.341 e. The van der Waals surface area contributed by atoms with Crippen LogP contribution in [0.3, 0.4) is 0 Å². The summed E-state index contributed by atoms with van der Waals surface area (Å²) in [5.74, 6) is -0.178. The van der Waals surface area contributed by atoms with Gasteiger partial charge in [0, 0.05) is 24.4 Å². The predicted octanol–water partition coefficient (Wildman–Crippen LogP) is 5.35. The lowest BCUT2D eigenvalue weighted by Crippen LogP contribution is -2.15. The van der Waals surface area contributed by atoms with Crippen molar-refractivity contribution in [3.63, 3.8) is 0 Å². The Kier molecular flexibility index (Phi) is 6.26. The lowest BCUT2D eigenvalue weighted by Gasteiger charge is -2.26. The Balaban J connectivity index is 2.06. The van der Waals surface area contributed by atoms with Crippen LogP contribution in [0.15, 0.2) is 54.6 Å². The number of carboxylic acids is 1. The van der Waals surface area contributed by atoms with Gasteiger partial charge in [0.1, 0.15) is 17.3 Å². The van der Waals surface area contributed by atoms with Crippen LogP contribution in [-0.2, 0) is 4.79 Å². The Morgan fingerprint density at radius 3 is 2.50 bits per heavy atom. The molecule has 1 N–H and O–H groups in total. The zero-order valence-corrected chi connectivity index (χ0v) is 17.4. The van der Waals surface area contributed by atoms with Crippen LogP contribution < -0.4 is 14.4 Å². The molecule has 0 fully saturated rings. The molecule has 0 radical (unpaired) electrons. The first-order valence-corrected chi connectivity index (χ1v) is 9.43. The van der Waals surface area contributed by atoms with E-state index < -0.39 is 12.6 Å². The van der Waals surface area contributed by atoms with Gasteiger partial charge < -0.3 is 19.5 Å². The number of halogens is 1. The average molecular weight is 409 g/mol. The molecule has 0 bridgehead atoms. The van der Waals surface area contributed by atoms with Gasteiger partial charge in [-0.25, -0.2) is 9.18 Å². The number of aliphatic carboxylic acids is 1. The molecule has 6 heteroatoms. The van der Waals surface area contributed by atoms with Crippen molar-refractivity contribution >= 4 is 17.3 Å². The maximum absolute atomic E-state index is 13.7. The number of benzene rings is 3. The highest BCUT2D eigenvalue weighted by atomic mass is 19.1. The molecule has 0 heterocycles. The second-order valence-electron chi connectivity index (χ2n) is 7.03. The van der Waals surface area contributed by atoms with E-state index in [9.17, 15) is 9.18 Å². The normalized spacial score (nSPS) is 10.6. The maximum atomic E-state index is 13.7. The highest BCUT2D eigenvalue weighted by Gasteiger charge is 2.16. The van der Waals surface area contributed by atoms with Crippen molar-refractivity contribution < 1.29 is 23.8 Å². The molecule has 0 spiro atoms. The molecular weight excluding hydrogens is 385 g/mol. The summed E-state index contributed by atoms with van der Waals surface area (Å²) in [6, 6.07) is 15.8. The fraction of sp³-hybridized carbons (Fsp3) is 0.208. The molecule has 156 valence electrons. The summed E-state index contributed by atoms with van der Waals surface area (Å²) in [6.45, 7) is 3.47. The van der Waals surface area contributed by atoms with Crippen LogP contribution in [0.4, 0.5) is 15.8 Å². The first-order chi connectivity index (χ1) is 14.3. The van der Waals surface area contributed by atoms with Gasteiger partial charge >= 0.3 is 5.97 Å². The number of carboxylic acid groups (broad SMARTS) is 1. The third-order valence-electron chi connectivity index (χ3n) is 4.94. The number of anilines is 2. The predicted molar refractivity (Wildman–Crippen MR) is 115 cm³/mol. The van der Waals surface area contributed by atoms with E-state index in [1.807, 2.05) is 56.1 Å².